The molecular weight excluding hydrogens is 561 g/mol. The summed E-state index contributed by atoms with van der Waals surface area (Å²) in [4.78, 5) is 8.92. The summed E-state index contributed by atoms with van der Waals surface area (Å²) >= 11 is 3.38. The number of hydrogen-bond acceptors (Lipinski definition) is 8. The number of aliphatic hydroxyl groups is 1. The number of hydrogen-bond donors (Lipinski definition) is 1. The van der Waals surface area contributed by atoms with Crippen molar-refractivity contribution in [1.82, 2.24) is 9.97 Å². The second-order valence-corrected chi connectivity index (χ2v) is 12.9. The zero-order valence-electron chi connectivity index (χ0n) is 24.2. The molecule has 9 heteroatoms. The van der Waals surface area contributed by atoms with E-state index in [4.69, 9.17) is 9.29 Å². The van der Waals surface area contributed by atoms with Gasteiger partial charge in [0.1, 0.15) is 0 Å². The molecule has 0 aliphatic carbocycles. The predicted molar refractivity (Wildman–Crippen MR) is 168 cm³/mol. The van der Waals surface area contributed by atoms with Crippen LogP contribution in [-0.4, -0.2) is 43.0 Å². The molecule has 2 aromatic heterocycles. The van der Waals surface area contributed by atoms with E-state index in [2.05, 4.69) is 57.1 Å². The van der Waals surface area contributed by atoms with Gasteiger partial charge in [-0.25, -0.2) is 9.97 Å². The number of nitrogens with zero attached hydrogens (tertiary/aromatic N) is 2. The van der Waals surface area contributed by atoms with Gasteiger partial charge in [-0.3, -0.25) is 4.18 Å². The van der Waals surface area contributed by atoms with Gasteiger partial charge in [0.2, 0.25) is 0 Å². The van der Waals surface area contributed by atoms with E-state index in [1.807, 2.05) is 39.8 Å². The summed E-state index contributed by atoms with van der Waals surface area (Å²) < 4.78 is 26.6. The average molecular weight is 603 g/mol. The highest BCUT2D eigenvalue weighted by Gasteiger charge is 2.04. The summed E-state index contributed by atoms with van der Waals surface area (Å²) in [6.45, 7) is 8.45. The topological polar surface area (TPSA) is 89.4 Å². The van der Waals surface area contributed by atoms with Crippen LogP contribution in [0.2, 0.25) is 0 Å². The highest BCUT2D eigenvalue weighted by Crippen LogP contribution is 2.14. The Balaban J connectivity index is 0.000000269. The molecule has 0 saturated carbocycles. The molecule has 0 atom stereocenters. The van der Waals surface area contributed by atoms with Crippen molar-refractivity contribution in [3.63, 3.8) is 0 Å². The second kappa shape index (κ2) is 18.1. The molecule has 2 aromatic carbocycles. The van der Waals surface area contributed by atoms with Crippen molar-refractivity contribution < 1.29 is 17.7 Å². The number of benzene rings is 2. The summed E-state index contributed by atoms with van der Waals surface area (Å²) in [6.07, 6.45) is 6.27. The lowest BCUT2D eigenvalue weighted by atomic mass is 10.0. The summed E-state index contributed by atoms with van der Waals surface area (Å²) in [5.41, 5.74) is 7.16. The van der Waals surface area contributed by atoms with Gasteiger partial charge in [-0.2, -0.15) is 8.42 Å². The van der Waals surface area contributed by atoms with Crippen molar-refractivity contribution in [2.24, 2.45) is 0 Å². The molecule has 0 amide bonds. The first-order chi connectivity index (χ1) is 19.2. The molecule has 0 aliphatic rings. The molecule has 40 heavy (non-hydrogen) atoms. The number of thiazole rings is 2. The van der Waals surface area contributed by atoms with Crippen molar-refractivity contribution in [2.75, 3.05) is 19.5 Å². The van der Waals surface area contributed by atoms with Gasteiger partial charge in [-0.05, 0) is 74.6 Å². The van der Waals surface area contributed by atoms with E-state index in [-0.39, 0.29) is 13.2 Å². The first kappa shape index (κ1) is 33.8. The van der Waals surface area contributed by atoms with E-state index < -0.39 is 10.1 Å². The maximum Gasteiger partial charge on any atom is 0.264 e. The fourth-order valence-electron chi connectivity index (χ4n) is 3.91. The molecule has 4 aromatic rings. The zero-order valence-corrected chi connectivity index (χ0v) is 26.7. The van der Waals surface area contributed by atoms with Gasteiger partial charge in [0, 0.05) is 17.4 Å². The Morgan fingerprint density at radius 1 is 0.725 bits per heavy atom. The van der Waals surface area contributed by atoms with Gasteiger partial charge in [-0.1, -0.05) is 62.4 Å². The van der Waals surface area contributed by atoms with Crippen molar-refractivity contribution in [1.29, 1.82) is 0 Å². The van der Waals surface area contributed by atoms with Gasteiger partial charge in [-0.15, -0.1) is 22.7 Å². The standard InChI is InChI=1S/C15H19NO3S2.C14H17NOS.C2H6/c1-12-16-15(11-20-12)7-6-13-4-3-5-14(10-13)8-9-19-21(2,17)18;1-11-15-14(10-17-11)6-5-12-3-2-4-13(9-12)7-8-16;1-2/h3-5,10-11H,6-9H2,1-2H3;2-4,9-10,16H,5-8H2,1H3;1-2H3. The molecular formula is C31H42N2O4S3. The Kier molecular flexibility index (Phi) is 15.3. The van der Waals surface area contributed by atoms with Gasteiger partial charge in [0.15, 0.2) is 0 Å². The monoisotopic (exact) mass is 602 g/mol. The Bertz CT molecular complexity index is 1380. The molecule has 0 spiro atoms. The predicted octanol–water partition coefficient (Wildman–Crippen LogP) is 6.55. The first-order valence-electron chi connectivity index (χ1n) is 13.6. The zero-order chi connectivity index (χ0) is 29.4. The largest absolute Gasteiger partial charge is 0.396 e. The van der Waals surface area contributed by atoms with Crippen LogP contribution >= 0.6 is 22.7 Å². The summed E-state index contributed by atoms with van der Waals surface area (Å²) in [5, 5.41) is 15.4. The highest BCUT2D eigenvalue weighted by molar-refractivity contribution is 7.85. The minimum absolute atomic E-state index is 0.188. The third kappa shape index (κ3) is 13.8. The quantitative estimate of drug-likeness (QED) is 0.185. The van der Waals surface area contributed by atoms with Crippen molar-refractivity contribution in [2.45, 2.75) is 66.2 Å². The molecule has 2 heterocycles. The third-order valence-corrected chi connectivity index (χ3v) is 7.98. The third-order valence-electron chi connectivity index (χ3n) is 5.74. The van der Waals surface area contributed by atoms with Crippen LogP contribution in [0, 0.1) is 13.8 Å². The summed E-state index contributed by atoms with van der Waals surface area (Å²) in [6, 6.07) is 16.6. The van der Waals surface area contributed by atoms with Gasteiger partial charge in [0.25, 0.3) is 10.1 Å². The molecule has 6 nitrogen and oxygen atoms in total. The van der Waals surface area contributed by atoms with Crippen LogP contribution in [0.3, 0.4) is 0 Å². The van der Waals surface area contributed by atoms with Crippen molar-refractivity contribution in [3.05, 3.63) is 103 Å². The second-order valence-electron chi connectivity index (χ2n) is 9.11. The van der Waals surface area contributed by atoms with E-state index in [0.717, 1.165) is 59.6 Å². The van der Waals surface area contributed by atoms with Crippen molar-refractivity contribution in [3.8, 4) is 0 Å². The van der Waals surface area contributed by atoms with E-state index in [0.29, 0.717) is 6.42 Å². The van der Waals surface area contributed by atoms with E-state index in [9.17, 15) is 8.42 Å². The van der Waals surface area contributed by atoms with Gasteiger partial charge < -0.3 is 5.11 Å². The van der Waals surface area contributed by atoms with Crippen LogP contribution in [0.15, 0.2) is 59.3 Å². The molecule has 0 fully saturated rings. The van der Waals surface area contributed by atoms with Crippen LogP contribution in [-0.2, 0) is 52.8 Å². The maximum atomic E-state index is 10.9. The van der Waals surface area contributed by atoms with Crippen LogP contribution in [0.1, 0.15) is 57.5 Å². The lowest BCUT2D eigenvalue weighted by Gasteiger charge is -2.05. The Morgan fingerprint density at radius 3 is 1.52 bits per heavy atom. The van der Waals surface area contributed by atoms with Crippen LogP contribution in [0.25, 0.3) is 0 Å². The van der Waals surface area contributed by atoms with Crippen molar-refractivity contribution >= 4 is 32.8 Å². The normalized spacial score (nSPS) is 10.8. The minimum atomic E-state index is -3.36. The molecule has 0 radical (unpaired) electrons. The smallest absolute Gasteiger partial charge is 0.264 e. The number of aryl methyl sites for hydroxylation is 6. The fourth-order valence-corrected chi connectivity index (χ4v) is 5.59. The Labute approximate surface area is 248 Å². The van der Waals surface area contributed by atoms with E-state index >= 15 is 0 Å². The minimum Gasteiger partial charge on any atom is -0.396 e. The summed E-state index contributed by atoms with van der Waals surface area (Å²) in [5.74, 6) is 0. The Morgan fingerprint density at radius 2 is 1.15 bits per heavy atom. The number of rotatable bonds is 12. The van der Waals surface area contributed by atoms with Crippen LogP contribution in [0.4, 0.5) is 0 Å². The SMILES string of the molecule is CC.Cc1nc(CCc2cccc(CCO)c2)cs1.Cc1nc(CCc2cccc(CCOS(C)(=O)=O)c2)cs1. The maximum absolute atomic E-state index is 10.9. The van der Waals surface area contributed by atoms with Gasteiger partial charge >= 0.3 is 0 Å². The lowest BCUT2D eigenvalue weighted by Crippen LogP contribution is -2.06. The average Bonchev–Trinajstić information content (AvgIpc) is 3.55. The highest BCUT2D eigenvalue weighted by atomic mass is 32.2. The van der Waals surface area contributed by atoms with Gasteiger partial charge in [0.05, 0.1) is 34.3 Å². The van der Waals surface area contributed by atoms with Crippen LogP contribution in [0.5, 0.6) is 0 Å². The number of aromatic nitrogens is 2. The molecule has 0 unspecified atom stereocenters. The van der Waals surface area contributed by atoms with E-state index in [1.165, 1.54) is 22.4 Å². The molecule has 0 saturated heterocycles. The molecule has 0 aliphatic heterocycles. The molecule has 1 N–H and O–H groups in total. The first-order valence-corrected chi connectivity index (χ1v) is 17.2. The molecule has 0 bridgehead atoms. The molecule has 218 valence electrons. The van der Waals surface area contributed by atoms with E-state index in [1.54, 1.807) is 22.7 Å². The lowest BCUT2D eigenvalue weighted by molar-refractivity contribution is 0.299. The number of aliphatic hydroxyl groups excluding tert-OH is 1. The summed E-state index contributed by atoms with van der Waals surface area (Å²) in [7, 11) is -3.36. The fraction of sp³-hybridized carbons (Fsp3) is 0.419. The molecule has 4 rings (SSSR count). The Hall–Kier alpha value is -2.43. The van der Waals surface area contributed by atoms with Crippen LogP contribution < -0.4 is 0 Å².